The van der Waals surface area contributed by atoms with Crippen molar-refractivity contribution in [1.82, 2.24) is 0 Å². The van der Waals surface area contributed by atoms with E-state index in [4.69, 9.17) is 9.57 Å². The largest absolute Gasteiger partial charge is 0.0622 e. The number of rotatable bonds is 1. The SMILES string of the molecule is N#P=O.c1ccc(-c2ccccc2)cc1. The molecule has 0 unspecified atom stereocenters. The monoisotopic (exact) mass is 215 g/mol. The molecular formula is C12H10NOP. The molecule has 0 saturated carbocycles. The van der Waals surface area contributed by atoms with Crippen LogP contribution < -0.4 is 0 Å². The topological polar surface area (TPSA) is 40.9 Å². The molecule has 74 valence electrons. The number of hydrogen-bond acceptors (Lipinski definition) is 2. The Morgan fingerprint density at radius 1 is 0.733 bits per heavy atom. The molecule has 0 atom stereocenters. The van der Waals surface area contributed by atoms with Gasteiger partial charge in [-0.2, -0.15) is 0 Å². The van der Waals surface area contributed by atoms with Crippen molar-refractivity contribution in [3.63, 3.8) is 0 Å². The van der Waals surface area contributed by atoms with Gasteiger partial charge in [0, 0.05) is 0 Å². The second kappa shape index (κ2) is 6.78. The maximum absolute atomic E-state index is 8.46. The van der Waals surface area contributed by atoms with Gasteiger partial charge in [-0.1, -0.05) is 60.7 Å². The van der Waals surface area contributed by atoms with Crippen LogP contribution in [-0.4, -0.2) is 0 Å². The van der Waals surface area contributed by atoms with E-state index < -0.39 is 8.10 Å². The molecule has 2 aromatic carbocycles. The first-order valence-corrected chi connectivity index (χ1v) is 5.22. The normalized spacial score (nSPS) is 8.47. The summed E-state index contributed by atoms with van der Waals surface area (Å²) in [7, 11) is -0.833. The molecule has 0 heterocycles. The van der Waals surface area contributed by atoms with E-state index in [0.29, 0.717) is 0 Å². The molecule has 3 heteroatoms. The van der Waals surface area contributed by atoms with Crippen LogP contribution in [0.25, 0.3) is 11.1 Å². The Balaban J connectivity index is 0.000000337. The summed E-state index contributed by atoms with van der Waals surface area (Å²) >= 11 is 0. The van der Waals surface area contributed by atoms with Crippen LogP contribution in [0.15, 0.2) is 60.7 Å². The molecule has 0 radical (unpaired) electrons. The first kappa shape index (κ1) is 11.5. The second-order valence-electron chi connectivity index (χ2n) is 2.81. The van der Waals surface area contributed by atoms with Gasteiger partial charge in [-0.3, -0.25) is 0 Å². The van der Waals surface area contributed by atoms with Gasteiger partial charge < -0.3 is 0 Å². The Morgan fingerprint density at radius 2 is 1.00 bits per heavy atom. The molecule has 0 N–H and O–H groups in total. The molecule has 2 rings (SSSR count). The predicted molar refractivity (Wildman–Crippen MR) is 61.2 cm³/mol. The maximum atomic E-state index is 8.46. The van der Waals surface area contributed by atoms with E-state index in [1.54, 1.807) is 0 Å². The average Bonchev–Trinajstić information content (AvgIpc) is 2.32. The summed E-state index contributed by atoms with van der Waals surface area (Å²) in [5.74, 6) is 0. The van der Waals surface area contributed by atoms with Gasteiger partial charge in [0.15, 0.2) is 0 Å². The van der Waals surface area contributed by atoms with E-state index in [1.807, 2.05) is 12.1 Å². The zero-order valence-corrected chi connectivity index (χ0v) is 8.97. The van der Waals surface area contributed by atoms with E-state index in [1.165, 1.54) is 11.1 Å². The molecule has 0 aromatic heterocycles. The van der Waals surface area contributed by atoms with Crippen LogP contribution in [-0.2, 0) is 4.57 Å². The van der Waals surface area contributed by atoms with E-state index in [0.717, 1.165) is 0 Å². The van der Waals surface area contributed by atoms with Crippen molar-refractivity contribution in [2.75, 3.05) is 0 Å². The van der Waals surface area contributed by atoms with Gasteiger partial charge in [-0.15, -0.1) is 0 Å². The molecule has 2 aromatic rings. The van der Waals surface area contributed by atoms with Crippen molar-refractivity contribution in [2.45, 2.75) is 0 Å². The van der Waals surface area contributed by atoms with E-state index in [9.17, 15) is 0 Å². The van der Waals surface area contributed by atoms with Crippen molar-refractivity contribution < 1.29 is 4.57 Å². The van der Waals surface area contributed by atoms with Gasteiger partial charge in [0.1, 0.15) is 0 Å². The predicted octanol–water partition coefficient (Wildman–Crippen LogP) is 4.11. The van der Waals surface area contributed by atoms with Crippen LogP contribution in [0.1, 0.15) is 0 Å². The summed E-state index contributed by atoms with van der Waals surface area (Å²) in [5.41, 5.74) is 2.55. The van der Waals surface area contributed by atoms with Crippen LogP contribution in [0.5, 0.6) is 0 Å². The van der Waals surface area contributed by atoms with Gasteiger partial charge in [0.2, 0.25) is 0 Å². The summed E-state index contributed by atoms with van der Waals surface area (Å²) in [4.78, 5) is 0. The van der Waals surface area contributed by atoms with Crippen LogP contribution in [0.2, 0.25) is 0 Å². The first-order valence-electron chi connectivity index (χ1n) is 4.45. The van der Waals surface area contributed by atoms with Crippen LogP contribution >= 0.6 is 8.10 Å². The third kappa shape index (κ3) is 3.95. The molecule has 15 heavy (non-hydrogen) atoms. The fourth-order valence-electron chi connectivity index (χ4n) is 1.26. The standard InChI is InChI=1S/C12H10.NOP/c1-3-7-11(8-4-1)12-9-5-2-6-10-12;1-3-2/h1-10H;. The molecule has 0 amide bonds. The third-order valence-electron chi connectivity index (χ3n) is 1.88. The quantitative estimate of drug-likeness (QED) is 0.671. The summed E-state index contributed by atoms with van der Waals surface area (Å²) in [6.45, 7) is 0. The smallest absolute Gasteiger partial charge is 0.0184 e. The molecule has 0 fully saturated rings. The third-order valence-corrected chi connectivity index (χ3v) is 1.88. The molecule has 0 bridgehead atoms. The summed E-state index contributed by atoms with van der Waals surface area (Å²) in [6.07, 6.45) is 0. The fraction of sp³-hybridized carbons (Fsp3) is 0. The van der Waals surface area contributed by atoms with Gasteiger partial charge in [-0.25, -0.2) is 0 Å². The van der Waals surface area contributed by atoms with Gasteiger partial charge >= 0.3 is 17.7 Å². The van der Waals surface area contributed by atoms with Crippen LogP contribution in [0.3, 0.4) is 0 Å². The maximum Gasteiger partial charge on any atom is -0.0184 e. The molecule has 0 saturated heterocycles. The van der Waals surface area contributed by atoms with Crippen LogP contribution in [0, 0.1) is 5.00 Å². The zero-order chi connectivity index (χ0) is 10.9. The van der Waals surface area contributed by atoms with Crippen molar-refractivity contribution >= 4 is 8.10 Å². The Labute approximate surface area is 90.0 Å². The van der Waals surface area contributed by atoms with Crippen molar-refractivity contribution in [2.24, 2.45) is 0 Å². The number of benzene rings is 2. The minimum absolute atomic E-state index is 0.833. The Hall–Kier alpha value is -1.62. The van der Waals surface area contributed by atoms with Crippen molar-refractivity contribution in [1.29, 1.82) is 5.00 Å². The molecule has 0 aliphatic heterocycles. The van der Waals surface area contributed by atoms with E-state index >= 15 is 0 Å². The molecule has 0 aliphatic rings. The molecule has 2 nitrogen and oxygen atoms in total. The summed E-state index contributed by atoms with van der Waals surface area (Å²) in [6, 6.07) is 20.8. The first-order chi connectivity index (χ1) is 7.38. The van der Waals surface area contributed by atoms with Gasteiger partial charge in [0.05, 0.1) is 0 Å². The summed E-state index contributed by atoms with van der Waals surface area (Å²) in [5, 5.41) is 6.99. The number of hydrogen-bond donors (Lipinski definition) is 0. The minimum Gasteiger partial charge on any atom is -0.0622 e. The average molecular weight is 215 g/mol. The van der Waals surface area contributed by atoms with Gasteiger partial charge in [0.25, 0.3) is 0 Å². The van der Waals surface area contributed by atoms with E-state index in [2.05, 4.69) is 48.5 Å². The minimum atomic E-state index is -0.833. The Kier molecular flexibility index (Phi) is 5.18. The van der Waals surface area contributed by atoms with E-state index in [-0.39, 0.29) is 0 Å². The number of nitrogens with zero attached hydrogens (tertiary/aromatic N) is 1. The van der Waals surface area contributed by atoms with Crippen molar-refractivity contribution in [3.05, 3.63) is 60.7 Å². The van der Waals surface area contributed by atoms with Gasteiger partial charge in [-0.05, 0) is 11.1 Å². The fourth-order valence-corrected chi connectivity index (χ4v) is 1.26. The van der Waals surface area contributed by atoms with Crippen molar-refractivity contribution in [3.8, 4) is 11.1 Å². The second-order valence-corrected chi connectivity index (χ2v) is 2.98. The van der Waals surface area contributed by atoms with Crippen LogP contribution in [0.4, 0.5) is 0 Å². The zero-order valence-electron chi connectivity index (χ0n) is 8.08. The molecular weight excluding hydrogens is 205 g/mol. The summed E-state index contributed by atoms with van der Waals surface area (Å²) < 4.78 is 8.46. The Bertz CT molecular complexity index is 430. The molecule has 0 aliphatic carbocycles. The Morgan fingerprint density at radius 3 is 1.27 bits per heavy atom. The molecule has 0 spiro atoms.